The number of imide groups is 1. The molecule has 3 aromatic carbocycles. The Labute approximate surface area is 384 Å². The molecule has 2 N–H and O–H groups in total. The molecule has 0 radical (unpaired) electrons. The van der Waals surface area contributed by atoms with Gasteiger partial charge in [-0.05, 0) is 92.7 Å². The molecular weight excluding hydrogens is 852 g/mol. The fourth-order valence-corrected chi connectivity index (χ4v) is 11.7. The number of anilines is 3. The van der Waals surface area contributed by atoms with Gasteiger partial charge in [0.05, 0.1) is 29.9 Å². The monoisotopic (exact) mass is 913 g/mol. The Hall–Kier alpha value is -5.35. The number of benzene rings is 3. The SMILES string of the molecule is CCC1(CC)C(=O)N(c2ccc(C(F)F)cc2O)[C@H]1c1cc(F)c(N2CCC(CN3CCN(CC4CCN(c5ccc6c(c5)C(=O)N([C@H]5CCC(=O)NC5=O)C6)CC4)CC3)CC2)cc1OC. The molecular formula is C50H62F3N7O6. The lowest BCUT2D eigenvalue weighted by Gasteiger charge is -2.56. The Balaban J connectivity index is 0.743. The van der Waals surface area contributed by atoms with Gasteiger partial charge in [0.15, 0.2) is 0 Å². The van der Waals surface area contributed by atoms with E-state index in [1.807, 2.05) is 26.0 Å². The van der Waals surface area contributed by atoms with E-state index in [9.17, 15) is 33.1 Å². The maximum Gasteiger partial charge on any atom is 0.263 e. The van der Waals surface area contributed by atoms with Crippen molar-refractivity contribution < 1.29 is 42.2 Å². The van der Waals surface area contributed by atoms with Gasteiger partial charge < -0.3 is 34.3 Å². The molecule has 5 fully saturated rings. The van der Waals surface area contributed by atoms with Gasteiger partial charge in [-0.2, -0.15) is 0 Å². The van der Waals surface area contributed by atoms with Gasteiger partial charge in [-0.1, -0.05) is 26.0 Å². The Kier molecular flexibility index (Phi) is 13.0. The first-order chi connectivity index (χ1) is 31.8. The van der Waals surface area contributed by atoms with Crippen molar-refractivity contribution in [1.82, 2.24) is 20.0 Å². The maximum absolute atomic E-state index is 16.3. The Morgan fingerprint density at radius 1 is 0.788 bits per heavy atom. The van der Waals surface area contributed by atoms with Crippen molar-refractivity contribution in [2.45, 2.75) is 90.3 Å². The first-order valence-electron chi connectivity index (χ1n) is 23.9. The number of hydrogen-bond donors (Lipinski definition) is 2. The van der Waals surface area contributed by atoms with Crippen LogP contribution in [0.2, 0.25) is 0 Å². The Bertz CT molecular complexity index is 2340. The Morgan fingerprint density at radius 3 is 2.00 bits per heavy atom. The number of β-lactam (4-membered cyclic amide) rings is 1. The lowest BCUT2D eigenvalue weighted by molar-refractivity contribution is -0.141. The number of alkyl halides is 2. The highest BCUT2D eigenvalue weighted by atomic mass is 19.3. The molecule has 16 heteroatoms. The molecule has 0 unspecified atom stereocenters. The number of piperazine rings is 1. The van der Waals surface area contributed by atoms with Crippen molar-refractivity contribution in [1.29, 1.82) is 0 Å². The number of phenolic OH excluding ortho intramolecular Hbond substituents is 1. The van der Waals surface area contributed by atoms with Crippen LogP contribution in [0.1, 0.15) is 105 Å². The number of methoxy groups -OCH3 is 1. The number of aromatic hydroxyl groups is 1. The molecule has 0 spiro atoms. The van der Waals surface area contributed by atoms with Crippen LogP contribution in [0.15, 0.2) is 48.5 Å². The summed E-state index contributed by atoms with van der Waals surface area (Å²) in [6.07, 6.45) is 2.80. The van der Waals surface area contributed by atoms with Crippen LogP contribution in [0.4, 0.5) is 30.2 Å². The fourth-order valence-electron chi connectivity index (χ4n) is 11.7. The van der Waals surface area contributed by atoms with E-state index >= 15 is 4.39 Å². The number of amides is 4. The van der Waals surface area contributed by atoms with Crippen LogP contribution >= 0.6 is 0 Å². The molecule has 6 aliphatic heterocycles. The Morgan fingerprint density at radius 2 is 1.42 bits per heavy atom. The van der Waals surface area contributed by atoms with E-state index in [0.29, 0.717) is 73.3 Å². The smallest absolute Gasteiger partial charge is 0.263 e. The van der Waals surface area contributed by atoms with Gasteiger partial charge in [-0.3, -0.25) is 29.4 Å². The number of phenols is 1. The number of carbonyl (C=O) groups excluding carboxylic acids is 4. The van der Waals surface area contributed by atoms with Gasteiger partial charge in [-0.25, -0.2) is 13.2 Å². The van der Waals surface area contributed by atoms with E-state index in [-0.39, 0.29) is 35.4 Å². The average Bonchev–Trinajstić information content (AvgIpc) is 3.64. The number of nitrogens with one attached hydrogen (secondary N) is 1. The number of piperidine rings is 3. The van der Waals surface area contributed by atoms with Crippen molar-refractivity contribution in [2.24, 2.45) is 17.3 Å². The van der Waals surface area contributed by atoms with Crippen molar-refractivity contribution in [3.8, 4) is 11.5 Å². The standard InChI is InChI=1S/C50H62F3N7O6/c1-4-50(5-2)45(60(49(50)65)39-9-7-33(46(52)53)24-42(39)61)37-26-38(51)41(27-43(37)66-3)58-18-14-32(15-19-58)29-56-22-20-55(21-23-56)28-31-12-16-57(17-13-31)35-8-6-34-30-59(48(64)36(34)25-35)40-10-11-44(62)54-47(40)63/h6-9,24-27,31-32,40,45-46,61H,4-5,10-23,28-30H2,1-3H3,(H,54,62,63)/t40-,45-/m0/s1. The van der Waals surface area contributed by atoms with Crippen LogP contribution in [0.5, 0.6) is 11.5 Å². The minimum atomic E-state index is -2.78. The summed E-state index contributed by atoms with van der Waals surface area (Å²) in [6, 6.07) is 11.5. The van der Waals surface area contributed by atoms with Crippen LogP contribution in [0.3, 0.4) is 0 Å². The van der Waals surface area contributed by atoms with E-state index in [1.54, 1.807) is 11.0 Å². The minimum Gasteiger partial charge on any atom is -0.506 e. The summed E-state index contributed by atoms with van der Waals surface area (Å²) in [6.45, 7) is 13.7. The van der Waals surface area contributed by atoms with Crippen LogP contribution in [0, 0.1) is 23.1 Å². The highest BCUT2D eigenvalue weighted by Crippen LogP contribution is 2.59. The predicted molar refractivity (Wildman–Crippen MR) is 244 cm³/mol. The number of hydrogen-bond acceptors (Lipinski definition) is 10. The highest BCUT2D eigenvalue weighted by Gasteiger charge is 2.60. The molecule has 3 aromatic rings. The van der Waals surface area contributed by atoms with Crippen molar-refractivity contribution >= 4 is 40.7 Å². The summed E-state index contributed by atoms with van der Waals surface area (Å²) in [7, 11) is 1.53. The summed E-state index contributed by atoms with van der Waals surface area (Å²) >= 11 is 0. The van der Waals surface area contributed by atoms with Crippen LogP contribution in [-0.2, 0) is 20.9 Å². The summed E-state index contributed by atoms with van der Waals surface area (Å²) in [5, 5.41) is 13.2. The fraction of sp³-hybridized carbons (Fsp3) is 0.560. The zero-order valence-electron chi connectivity index (χ0n) is 38.2. The summed E-state index contributed by atoms with van der Waals surface area (Å²) in [5.41, 5.74) is 2.44. The molecule has 4 amide bonds. The zero-order chi connectivity index (χ0) is 46.4. The summed E-state index contributed by atoms with van der Waals surface area (Å²) in [5.74, 6) is -0.357. The van der Waals surface area contributed by atoms with Crippen molar-refractivity contribution in [3.05, 3.63) is 76.6 Å². The van der Waals surface area contributed by atoms with Crippen LogP contribution in [-0.4, -0.2) is 122 Å². The first-order valence-corrected chi connectivity index (χ1v) is 23.9. The van der Waals surface area contributed by atoms with Crippen LogP contribution in [0.25, 0.3) is 0 Å². The largest absolute Gasteiger partial charge is 0.506 e. The van der Waals surface area contributed by atoms with Gasteiger partial charge in [-0.15, -0.1) is 0 Å². The molecule has 0 bridgehead atoms. The maximum atomic E-state index is 16.3. The molecule has 9 rings (SSSR count). The summed E-state index contributed by atoms with van der Waals surface area (Å²) in [4.78, 5) is 64.0. The second-order valence-electron chi connectivity index (χ2n) is 19.2. The van der Waals surface area contributed by atoms with E-state index in [4.69, 9.17) is 4.74 Å². The third kappa shape index (κ3) is 8.48. The zero-order valence-corrected chi connectivity index (χ0v) is 38.2. The lowest BCUT2D eigenvalue weighted by Crippen LogP contribution is -2.63. The number of ether oxygens (including phenoxy) is 1. The molecule has 5 saturated heterocycles. The second kappa shape index (κ2) is 18.7. The number of nitrogens with zero attached hydrogens (tertiary/aromatic N) is 6. The molecule has 13 nitrogen and oxygen atoms in total. The van der Waals surface area contributed by atoms with Gasteiger partial charge in [0.1, 0.15) is 23.4 Å². The first kappa shape index (κ1) is 45.8. The van der Waals surface area contributed by atoms with E-state index in [1.165, 1.54) is 30.2 Å². The molecule has 0 aromatic heterocycles. The lowest BCUT2D eigenvalue weighted by atomic mass is 9.64. The van der Waals surface area contributed by atoms with Gasteiger partial charge in [0.25, 0.3) is 12.3 Å². The van der Waals surface area contributed by atoms with E-state index in [2.05, 4.69) is 31.0 Å². The molecule has 66 heavy (non-hydrogen) atoms. The topological polar surface area (TPSA) is 129 Å². The highest BCUT2D eigenvalue weighted by molar-refractivity contribution is 6.08. The van der Waals surface area contributed by atoms with Gasteiger partial charge in [0, 0.05) is 107 Å². The van der Waals surface area contributed by atoms with Gasteiger partial charge in [0.2, 0.25) is 17.7 Å². The summed E-state index contributed by atoms with van der Waals surface area (Å²) < 4.78 is 49.0. The quantitative estimate of drug-likeness (QED) is 0.138. The molecule has 6 heterocycles. The van der Waals surface area contributed by atoms with Crippen LogP contribution < -0.4 is 24.8 Å². The molecule has 6 aliphatic rings. The minimum absolute atomic E-state index is 0.108. The second-order valence-corrected chi connectivity index (χ2v) is 19.2. The van der Waals surface area contributed by atoms with E-state index in [0.717, 1.165) is 95.4 Å². The normalized spacial score (nSPS) is 23.4. The number of rotatable bonds is 13. The van der Waals surface area contributed by atoms with Crippen molar-refractivity contribution in [2.75, 3.05) is 87.3 Å². The number of halogens is 3. The predicted octanol–water partition coefficient (Wildman–Crippen LogP) is 6.88. The van der Waals surface area contributed by atoms with E-state index < -0.39 is 41.4 Å². The third-order valence-corrected chi connectivity index (χ3v) is 15.7. The number of carbonyl (C=O) groups is 4. The van der Waals surface area contributed by atoms with Gasteiger partial charge >= 0.3 is 0 Å². The van der Waals surface area contributed by atoms with Crippen molar-refractivity contribution in [3.63, 3.8) is 0 Å². The number of fused-ring (bicyclic) bond motifs is 1. The average molecular weight is 914 g/mol. The molecule has 2 atom stereocenters. The molecule has 0 saturated carbocycles. The third-order valence-electron chi connectivity index (χ3n) is 15.7. The molecule has 0 aliphatic carbocycles. The molecule has 354 valence electrons.